The number of nitrogens with two attached hydrogens (primary N) is 1. The smallest absolute Gasteiger partial charge is 0.318 e. The maximum absolute atomic E-state index is 12.5. The largest absolute Gasteiger partial charge is 0.366 e. The standard InChI is InChI=1S/C17H20N4O2S/c1-11-10-24-15(20-11)8-19-17(23)21(14-6-7-14)9-12-2-4-13(5-3-12)16(18)22/h2-5,10,14H,6-9H2,1H3,(H2,18,22)(H,19,23). The second-order valence-electron chi connectivity index (χ2n) is 5.96. The molecule has 1 heterocycles. The van der Waals surface area contributed by atoms with Crippen LogP contribution in [0.5, 0.6) is 0 Å². The Hall–Kier alpha value is -2.41. The van der Waals surface area contributed by atoms with Crippen LogP contribution in [0, 0.1) is 6.92 Å². The Morgan fingerprint density at radius 2 is 2.04 bits per heavy atom. The minimum absolute atomic E-state index is 0.0793. The molecule has 2 aromatic rings. The minimum atomic E-state index is -0.447. The van der Waals surface area contributed by atoms with Crippen molar-refractivity contribution < 1.29 is 9.59 Å². The first-order valence-corrected chi connectivity index (χ1v) is 8.75. The van der Waals surface area contributed by atoms with Crippen molar-refractivity contribution in [3.05, 3.63) is 51.5 Å². The third kappa shape index (κ3) is 4.11. The van der Waals surface area contributed by atoms with Crippen molar-refractivity contribution in [1.82, 2.24) is 15.2 Å². The summed E-state index contributed by atoms with van der Waals surface area (Å²) in [6.07, 6.45) is 2.06. The molecule has 1 aliphatic rings. The van der Waals surface area contributed by atoms with Crippen LogP contribution in [0.15, 0.2) is 29.6 Å². The molecule has 6 nitrogen and oxygen atoms in total. The van der Waals surface area contributed by atoms with E-state index in [4.69, 9.17) is 5.73 Å². The number of nitrogens with one attached hydrogen (secondary N) is 1. The summed E-state index contributed by atoms with van der Waals surface area (Å²) in [5.41, 5.74) is 7.67. The summed E-state index contributed by atoms with van der Waals surface area (Å²) in [5.74, 6) is -0.447. The number of urea groups is 1. The molecule has 1 aromatic carbocycles. The van der Waals surface area contributed by atoms with E-state index in [1.54, 1.807) is 23.5 Å². The predicted molar refractivity (Wildman–Crippen MR) is 92.6 cm³/mol. The van der Waals surface area contributed by atoms with Gasteiger partial charge in [0.15, 0.2) is 0 Å². The summed E-state index contributed by atoms with van der Waals surface area (Å²) < 4.78 is 0. The summed E-state index contributed by atoms with van der Waals surface area (Å²) in [7, 11) is 0. The monoisotopic (exact) mass is 344 g/mol. The van der Waals surface area contributed by atoms with E-state index in [1.807, 2.05) is 29.3 Å². The number of hydrogen-bond donors (Lipinski definition) is 2. The lowest BCUT2D eigenvalue weighted by Crippen LogP contribution is -2.40. The van der Waals surface area contributed by atoms with Gasteiger partial charge in [-0.05, 0) is 37.5 Å². The molecule has 0 bridgehead atoms. The van der Waals surface area contributed by atoms with Gasteiger partial charge in [-0.15, -0.1) is 11.3 Å². The van der Waals surface area contributed by atoms with Crippen LogP contribution in [0.2, 0.25) is 0 Å². The molecule has 0 radical (unpaired) electrons. The second kappa shape index (κ2) is 7.00. The van der Waals surface area contributed by atoms with Crippen molar-refractivity contribution in [1.29, 1.82) is 0 Å². The molecule has 1 aliphatic carbocycles. The lowest BCUT2D eigenvalue weighted by molar-refractivity contribution is 0.1000. The number of primary amides is 1. The van der Waals surface area contributed by atoms with Crippen LogP contribution < -0.4 is 11.1 Å². The van der Waals surface area contributed by atoms with Gasteiger partial charge < -0.3 is 16.0 Å². The summed E-state index contributed by atoms with van der Waals surface area (Å²) in [6.45, 7) is 2.90. The fourth-order valence-corrected chi connectivity index (χ4v) is 3.17. The third-order valence-corrected chi connectivity index (χ3v) is 4.86. The van der Waals surface area contributed by atoms with Crippen molar-refractivity contribution in [3.8, 4) is 0 Å². The number of carbonyl (C=O) groups is 2. The second-order valence-corrected chi connectivity index (χ2v) is 6.90. The number of aryl methyl sites for hydroxylation is 1. The average Bonchev–Trinajstić information content (AvgIpc) is 3.32. The number of carbonyl (C=O) groups excluding carboxylic acids is 2. The van der Waals surface area contributed by atoms with Crippen molar-refractivity contribution in [2.75, 3.05) is 0 Å². The molecule has 0 atom stereocenters. The van der Waals surface area contributed by atoms with Crippen molar-refractivity contribution in [2.45, 2.75) is 38.9 Å². The number of amides is 3. The van der Waals surface area contributed by atoms with Crippen LogP contribution in [-0.4, -0.2) is 27.9 Å². The van der Waals surface area contributed by atoms with E-state index < -0.39 is 5.91 Å². The van der Waals surface area contributed by atoms with E-state index >= 15 is 0 Å². The Bertz CT molecular complexity index is 737. The number of nitrogens with zero attached hydrogens (tertiary/aromatic N) is 2. The normalized spacial score (nSPS) is 13.5. The highest BCUT2D eigenvalue weighted by Gasteiger charge is 2.32. The summed E-state index contributed by atoms with van der Waals surface area (Å²) in [5, 5.41) is 5.82. The number of benzene rings is 1. The van der Waals surface area contributed by atoms with Crippen LogP contribution in [0.25, 0.3) is 0 Å². The van der Waals surface area contributed by atoms with Crippen LogP contribution in [0.4, 0.5) is 4.79 Å². The molecular formula is C17H20N4O2S. The first-order valence-electron chi connectivity index (χ1n) is 7.87. The average molecular weight is 344 g/mol. The molecule has 3 amide bonds. The molecule has 1 aromatic heterocycles. The Balaban J connectivity index is 1.61. The van der Waals surface area contributed by atoms with Gasteiger partial charge >= 0.3 is 6.03 Å². The molecule has 0 spiro atoms. The first kappa shape index (κ1) is 16.4. The highest BCUT2D eigenvalue weighted by atomic mass is 32.1. The highest BCUT2D eigenvalue weighted by molar-refractivity contribution is 7.09. The van der Waals surface area contributed by atoms with Gasteiger partial charge in [0.05, 0.1) is 6.54 Å². The van der Waals surface area contributed by atoms with E-state index in [2.05, 4.69) is 10.3 Å². The van der Waals surface area contributed by atoms with E-state index in [9.17, 15) is 9.59 Å². The number of hydrogen-bond acceptors (Lipinski definition) is 4. The topological polar surface area (TPSA) is 88.3 Å². The van der Waals surface area contributed by atoms with E-state index in [1.165, 1.54) is 0 Å². The molecule has 3 rings (SSSR count). The molecule has 7 heteroatoms. The molecular weight excluding hydrogens is 324 g/mol. The summed E-state index contributed by atoms with van der Waals surface area (Å²) >= 11 is 1.55. The molecule has 24 heavy (non-hydrogen) atoms. The van der Waals surface area contributed by atoms with Crippen LogP contribution in [0.1, 0.15) is 39.5 Å². The zero-order chi connectivity index (χ0) is 17.1. The maximum atomic E-state index is 12.5. The molecule has 1 fully saturated rings. The van der Waals surface area contributed by atoms with E-state index in [0.29, 0.717) is 24.7 Å². The lowest BCUT2D eigenvalue weighted by atomic mass is 10.1. The van der Waals surface area contributed by atoms with Gasteiger partial charge in [0.2, 0.25) is 5.91 Å². The molecule has 126 valence electrons. The van der Waals surface area contributed by atoms with Crippen LogP contribution in [0.3, 0.4) is 0 Å². The number of thiazole rings is 1. The van der Waals surface area contributed by atoms with Crippen molar-refractivity contribution >= 4 is 23.3 Å². The maximum Gasteiger partial charge on any atom is 0.318 e. The fourth-order valence-electron chi connectivity index (χ4n) is 2.46. The number of aromatic nitrogens is 1. The van der Waals surface area contributed by atoms with Gasteiger partial charge in [-0.3, -0.25) is 4.79 Å². The summed E-state index contributed by atoms with van der Waals surface area (Å²) in [6, 6.07) is 7.28. The highest BCUT2D eigenvalue weighted by Crippen LogP contribution is 2.28. The zero-order valence-corrected chi connectivity index (χ0v) is 14.3. The van der Waals surface area contributed by atoms with Crippen LogP contribution >= 0.6 is 11.3 Å². The van der Waals surface area contributed by atoms with Gasteiger partial charge in [0.1, 0.15) is 5.01 Å². The molecule has 3 N–H and O–H groups in total. The molecule has 0 aliphatic heterocycles. The lowest BCUT2D eigenvalue weighted by Gasteiger charge is -2.23. The van der Waals surface area contributed by atoms with Crippen molar-refractivity contribution in [2.24, 2.45) is 5.73 Å². The van der Waals surface area contributed by atoms with E-state index in [0.717, 1.165) is 29.1 Å². The zero-order valence-electron chi connectivity index (χ0n) is 13.5. The quantitative estimate of drug-likeness (QED) is 0.843. The van der Waals surface area contributed by atoms with Crippen molar-refractivity contribution in [3.63, 3.8) is 0 Å². The Morgan fingerprint density at radius 1 is 1.33 bits per heavy atom. The van der Waals surface area contributed by atoms with Gasteiger partial charge in [-0.25, -0.2) is 9.78 Å². The van der Waals surface area contributed by atoms with Gasteiger partial charge in [0.25, 0.3) is 0 Å². The molecule has 1 saturated carbocycles. The molecule has 0 unspecified atom stereocenters. The Labute approximate surface area is 144 Å². The summed E-state index contributed by atoms with van der Waals surface area (Å²) in [4.78, 5) is 29.8. The third-order valence-electron chi connectivity index (χ3n) is 3.90. The van der Waals surface area contributed by atoms with Gasteiger partial charge in [-0.2, -0.15) is 0 Å². The SMILES string of the molecule is Cc1csc(CNC(=O)N(Cc2ccc(C(N)=O)cc2)C2CC2)n1. The van der Waals surface area contributed by atoms with Crippen LogP contribution in [-0.2, 0) is 13.1 Å². The molecule has 0 saturated heterocycles. The fraction of sp³-hybridized carbons (Fsp3) is 0.353. The van der Waals surface area contributed by atoms with Gasteiger partial charge in [-0.1, -0.05) is 12.1 Å². The predicted octanol–water partition coefficient (Wildman–Crippen LogP) is 2.42. The van der Waals surface area contributed by atoms with E-state index in [-0.39, 0.29) is 6.03 Å². The van der Waals surface area contributed by atoms with Gasteiger partial charge in [0, 0.05) is 29.2 Å². The Kier molecular flexibility index (Phi) is 4.80. The minimum Gasteiger partial charge on any atom is -0.366 e. The Morgan fingerprint density at radius 3 is 2.58 bits per heavy atom. The number of rotatable bonds is 6. The first-order chi connectivity index (χ1) is 11.5.